The zero-order valence-electron chi connectivity index (χ0n) is 11.1. The SMILES string of the molecule is CCOC(CNC1CCC(=O)N(C)C1)OCC. The van der Waals surface area contributed by atoms with Crippen LogP contribution in [0.3, 0.4) is 0 Å². The summed E-state index contributed by atoms with van der Waals surface area (Å²) in [5.74, 6) is 0.231. The topological polar surface area (TPSA) is 50.8 Å². The fourth-order valence-electron chi connectivity index (χ4n) is 1.98. The Bertz CT molecular complexity index is 230. The monoisotopic (exact) mass is 244 g/mol. The van der Waals surface area contributed by atoms with Gasteiger partial charge in [-0.3, -0.25) is 4.79 Å². The number of carbonyl (C=O) groups is 1. The van der Waals surface area contributed by atoms with E-state index in [9.17, 15) is 4.79 Å². The molecule has 0 spiro atoms. The van der Waals surface area contributed by atoms with Crippen molar-refractivity contribution in [3.05, 3.63) is 0 Å². The third-order valence-corrected chi connectivity index (χ3v) is 2.90. The first-order valence-corrected chi connectivity index (χ1v) is 6.37. The molecule has 0 radical (unpaired) electrons. The van der Waals surface area contributed by atoms with Crippen molar-refractivity contribution in [1.29, 1.82) is 0 Å². The zero-order valence-corrected chi connectivity index (χ0v) is 11.1. The van der Waals surface area contributed by atoms with E-state index in [-0.39, 0.29) is 12.2 Å². The molecule has 1 aliphatic heterocycles. The van der Waals surface area contributed by atoms with Gasteiger partial charge in [-0.25, -0.2) is 0 Å². The number of piperidine rings is 1. The molecule has 1 aliphatic rings. The smallest absolute Gasteiger partial charge is 0.222 e. The molecule has 0 aromatic heterocycles. The zero-order chi connectivity index (χ0) is 12.7. The lowest BCUT2D eigenvalue weighted by Crippen LogP contribution is -2.48. The highest BCUT2D eigenvalue weighted by Crippen LogP contribution is 2.09. The van der Waals surface area contributed by atoms with Crippen molar-refractivity contribution >= 4 is 5.91 Å². The Labute approximate surface area is 103 Å². The standard InChI is InChI=1S/C12H24N2O3/c1-4-16-12(17-5-2)8-13-10-6-7-11(15)14(3)9-10/h10,12-13H,4-9H2,1-3H3. The van der Waals surface area contributed by atoms with Crippen molar-refractivity contribution in [1.82, 2.24) is 10.2 Å². The van der Waals surface area contributed by atoms with E-state index >= 15 is 0 Å². The molecule has 0 aromatic carbocycles. The van der Waals surface area contributed by atoms with Gasteiger partial charge in [-0.1, -0.05) is 0 Å². The lowest BCUT2D eigenvalue weighted by atomic mass is 10.1. The Morgan fingerprint density at radius 3 is 2.59 bits per heavy atom. The van der Waals surface area contributed by atoms with Gasteiger partial charge in [-0.05, 0) is 20.3 Å². The summed E-state index contributed by atoms with van der Waals surface area (Å²) in [6.45, 7) is 6.65. The van der Waals surface area contributed by atoms with Crippen LogP contribution in [0.2, 0.25) is 0 Å². The third-order valence-electron chi connectivity index (χ3n) is 2.90. The largest absolute Gasteiger partial charge is 0.352 e. The number of nitrogens with one attached hydrogen (secondary N) is 1. The molecule has 0 aliphatic carbocycles. The molecule has 1 saturated heterocycles. The molecule has 1 amide bonds. The van der Waals surface area contributed by atoms with Crippen LogP contribution >= 0.6 is 0 Å². The van der Waals surface area contributed by atoms with Gasteiger partial charge in [0.25, 0.3) is 0 Å². The Balaban J connectivity index is 2.26. The molecule has 1 N–H and O–H groups in total. The fourth-order valence-corrected chi connectivity index (χ4v) is 1.98. The van der Waals surface area contributed by atoms with Gasteiger partial charge >= 0.3 is 0 Å². The molecule has 5 nitrogen and oxygen atoms in total. The number of carbonyl (C=O) groups excluding carboxylic acids is 1. The summed E-state index contributed by atoms with van der Waals surface area (Å²) >= 11 is 0. The summed E-state index contributed by atoms with van der Waals surface area (Å²) < 4.78 is 10.9. The minimum Gasteiger partial charge on any atom is -0.352 e. The van der Waals surface area contributed by atoms with Crippen LogP contribution in [-0.2, 0) is 14.3 Å². The summed E-state index contributed by atoms with van der Waals surface area (Å²) in [4.78, 5) is 13.1. The molecule has 1 unspecified atom stereocenters. The maximum Gasteiger partial charge on any atom is 0.222 e. The maximum absolute atomic E-state index is 11.3. The lowest BCUT2D eigenvalue weighted by Gasteiger charge is -2.31. The second kappa shape index (κ2) is 7.63. The Hall–Kier alpha value is -0.650. The van der Waals surface area contributed by atoms with Gasteiger partial charge in [0.1, 0.15) is 0 Å². The highest BCUT2D eigenvalue weighted by molar-refractivity contribution is 5.76. The number of ether oxygens (including phenoxy) is 2. The molecule has 1 heterocycles. The van der Waals surface area contributed by atoms with Crippen molar-refractivity contribution in [2.45, 2.75) is 39.0 Å². The van der Waals surface area contributed by atoms with Gasteiger partial charge in [0, 0.05) is 45.8 Å². The average Bonchev–Trinajstić information content (AvgIpc) is 2.31. The molecule has 1 rings (SSSR count). The summed E-state index contributed by atoms with van der Waals surface area (Å²) in [5, 5.41) is 3.40. The quantitative estimate of drug-likeness (QED) is 0.666. The minimum atomic E-state index is -0.187. The second-order valence-corrected chi connectivity index (χ2v) is 4.26. The summed E-state index contributed by atoms with van der Waals surface area (Å²) in [6, 6.07) is 0.348. The summed E-state index contributed by atoms with van der Waals surface area (Å²) in [5.41, 5.74) is 0. The van der Waals surface area contributed by atoms with Crippen LogP contribution in [0.25, 0.3) is 0 Å². The van der Waals surface area contributed by atoms with Crippen molar-refractivity contribution in [2.75, 3.05) is 33.4 Å². The Kier molecular flexibility index (Phi) is 6.47. The molecule has 5 heteroatoms. The van der Waals surface area contributed by atoms with Crippen LogP contribution in [-0.4, -0.2) is 56.5 Å². The van der Waals surface area contributed by atoms with Gasteiger partial charge in [-0.2, -0.15) is 0 Å². The van der Waals surface area contributed by atoms with E-state index < -0.39 is 0 Å². The number of rotatable bonds is 7. The number of likely N-dealkylation sites (tertiary alicyclic amines) is 1. The molecule has 0 saturated carbocycles. The van der Waals surface area contributed by atoms with Gasteiger partial charge in [0.05, 0.1) is 0 Å². The van der Waals surface area contributed by atoms with E-state index in [2.05, 4.69) is 5.32 Å². The molecule has 0 aromatic rings. The van der Waals surface area contributed by atoms with Gasteiger partial charge in [0.15, 0.2) is 6.29 Å². The number of likely N-dealkylation sites (N-methyl/N-ethyl adjacent to an activating group) is 1. The lowest BCUT2D eigenvalue weighted by molar-refractivity contribution is -0.137. The van der Waals surface area contributed by atoms with Crippen LogP contribution in [0.15, 0.2) is 0 Å². The Morgan fingerprint density at radius 2 is 2.06 bits per heavy atom. The first-order chi connectivity index (χ1) is 8.17. The second-order valence-electron chi connectivity index (χ2n) is 4.26. The van der Waals surface area contributed by atoms with Crippen molar-refractivity contribution in [3.63, 3.8) is 0 Å². The van der Waals surface area contributed by atoms with Crippen LogP contribution < -0.4 is 5.32 Å². The van der Waals surface area contributed by atoms with Crippen LogP contribution in [0.4, 0.5) is 0 Å². The van der Waals surface area contributed by atoms with Crippen LogP contribution in [0.1, 0.15) is 26.7 Å². The number of hydrogen-bond donors (Lipinski definition) is 1. The number of hydrogen-bond acceptors (Lipinski definition) is 4. The fraction of sp³-hybridized carbons (Fsp3) is 0.917. The predicted molar refractivity (Wildman–Crippen MR) is 65.7 cm³/mol. The van der Waals surface area contributed by atoms with E-state index in [1.165, 1.54) is 0 Å². The minimum absolute atomic E-state index is 0.187. The van der Waals surface area contributed by atoms with Gasteiger partial charge < -0.3 is 19.7 Å². The third kappa shape index (κ3) is 5.02. The highest BCUT2D eigenvalue weighted by Gasteiger charge is 2.23. The average molecular weight is 244 g/mol. The molecule has 17 heavy (non-hydrogen) atoms. The first-order valence-electron chi connectivity index (χ1n) is 6.37. The molecule has 1 fully saturated rings. The molecular formula is C12H24N2O3. The molecule has 100 valence electrons. The number of amides is 1. The van der Waals surface area contributed by atoms with Gasteiger partial charge in [0.2, 0.25) is 5.91 Å². The van der Waals surface area contributed by atoms with Crippen molar-refractivity contribution in [2.24, 2.45) is 0 Å². The van der Waals surface area contributed by atoms with E-state index in [0.29, 0.717) is 32.2 Å². The highest BCUT2D eigenvalue weighted by atomic mass is 16.7. The normalized spacial score (nSPS) is 21.3. The first kappa shape index (κ1) is 14.4. The van der Waals surface area contributed by atoms with E-state index in [4.69, 9.17) is 9.47 Å². The van der Waals surface area contributed by atoms with E-state index in [0.717, 1.165) is 13.0 Å². The van der Waals surface area contributed by atoms with E-state index in [1.807, 2.05) is 20.9 Å². The number of nitrogens with zero attached hydrogens (tertiary/aromatic N) is 1. The Morgan fingerprint density at radius 1 is 1.41 bits per heavy atom. The maximum atomic E-state index is 11.3. The summed E-state index contributed by atoms with van der Waals surface area (Å²) in [6.07, 6.45) is 1.34. The predicted octanol–water partition coefficient (Wildman–Crippen LogP) is 0.596. The summed E-state index contributed by atoms with van der Waals surface area (Å²) in [7, 11) is 1.85. The van der Waals surface area contributed by atoms with E-state index in [1.54, 1.807) is 4.90 Å². The van der Waals surface area contributed by atoms with Crippen LogP contribution in [0, 0.1) is 0 Å². The molecule has 0 bridgehead atoms. The van der Waals surface area contributed by atoms with Gasteiger partial charge in [-0.15, -0.1) is 0 Å². The van der Waals surface area contributed by atoms with Crippen LogP contribution in [0.5, 0.6) is 0 Å². The van der Waals surface area contributed by atoms with Crippen molar-refractivity contribution in [3.8, 4) is 0 Å². The van der Waals surface area contributed by atoms with Crippen molar-refractivity contribution < 1.29 is 14.3 Å². The molecule has 1 atom stereocenters. The molecular weight excluding hydrogens is 220 g/mol.